The number of aryl methyl sites for hydroxylation is 1. The van der Waals surface area contributed by atoms with Crippen LogP contribution in [0, 0.1) is 6.92 Å². The van der Waals surface area contributed by atoms with Crippen LogP contribution in [0.4, 0.5) is 0 Å². The number of rotatable bonds is 5. The lowest BCUT2D eigenvalue weighted by Gasteiger charge is -1.92. The van der Waals surface area contributed by atoms with Gasteiger partial charge in [0.2, 0.25) is 0 Å². The van der Waals surface area contributed by atoms with Gasteiger partial charge in [-0.1, -0.05) is 11.8 Å². The Morgan fingerprint density at radius 3 is 3.17 bits per heavy atom. The molecule has 2 aromatic rings. The van der Waals surface area contributed by atoms with E-state index in [1.807, 2.05) is 18.4 Å². The number of aliphatic carboxylic acids is 1. The van der Waals surface area contributed by atoms with Gasteiger partial charge in [0.1, 0.15) is 6.26 Å². The van der Waals surface area contributed by atoms with Crippen molar-refractivity contribution >= 4 is 35.1 Å². The highest BCUT2D eigenvalue weighted by Gasteiger charge is 2.04. The van der Waals surface area contributed by atoms with Gasteiger partial charge in [-0.25, -0.2) is 9.78 Å². The van der Waals surface area contributed by atoms with Crippen molar-refractivity contribution in [1.82, 2.24) is 4.98 Å². The summed E-state index contributed by atoms with van der Waals surface area (Å²) >= 11 is 3.12. The highest BCUT2D eigenvalue weighted by Crippen LogP contribution is 2.26. The summed E-state index contributed by atoms with van der Waals surface area (Å²) in [6, 6.07) is 1.97. The van der Waals surface area contributed by atoms with E-state index in [1.54, 1.807) is 23.7 Å². The predicted molar refractivity (Wildman–Crippen MR) is 71.8 cm³/mol. The Bertz CT molecular complexity index is 571. The van der Waals surface area contributed by atoms with E-state index in [1.165, 1.54) is 11.8 Å². The van der Waals surface area contributed by atoms with Gasteiger partial charge in [0, 0.05) is 16.7 Å². The first kappa shape index (κ1) is 12.9. The number of hydrogen-bond donors (Lipinski definition) is 1. The van der Waals surface area contributed by atoms with Gasteiger partial charge in [-0.2, -0.15) is 0 Å². The standard InChI is InChI=1S/C12H11NO3S2/c1-8-5-16-12(13-8)18-7-10-4-9(6-17-10)2-3-11(14)15/h2-6H,7H2,1H3,(H,14,15)/b3-2+. The Labute approximate surface area is 112 Å². The fourth-order valence-electron chi connectivity index (χ4n) is 1.26. The van der Waals surface area contributed by atoms with E-state index in [0.717, 1.165) is 28.0 Å². The maximum Gasteiger partial charge on any atom is 0.328 e. The predicted octanol–water partition coefficient (Wildman–Crippen LogP) is 3.43. The van der Waals surface area contributed by atoms with Gasteiger partial charge in [0.15, 0.2) is 0 Å². The lowest BCUT2D eigenvalue weighted by Crippen LogP contribution is -1.84. The third-order valence-electron chi connectivity index (χ3n) is 2.03. The first-order valence-electron chi connectivity index (χ1n) is 5.17. The summed E-state index contributed by atoms with van der Waals surface area (Å²) in [6.07, 6.45) is 4.34. The molecule has 0 saturated heterocycles. The molecule has 1 N–H and O–H groups in total. The number of thioether (sulfide) groups is 1. The van der Waals surface area contributed by atoms with Crippen LogP contribution >= 0.6 is 23.1 Å². The van der Waals surface area contributed by atoms with E-state index in [4.69, 9.17) is 9.52 Å². The summed E-state index contributed by atoms with van der Waals surface area (Å²) in [4.78, 5) is 15.7. The fraction of sp³-hybridized carbons (Fsp3) is 0.167. The number of carboxylic acid groups (broad SMARTS) is 1. The Balaban J connectivity index is 1.92. The second-order valence-electron chi connectivity index (χ2n) is 3.56. The first-order valence-corrected chi connectivity index (χ1v) is 7.03. The van der Waals surface area contributed by atoms with Crippen LogP contribution in [0.15, 0.2) is 33.4 Å². The van der Waals surface area contributed by atoms with Crippen molar-refractivity contribution in [1.29, 1.82) is 0 Å². The van der Waals surface area contributed by atoms with Gasteiger partial charge in [-0.3, -0.25) is 0 Å². The monoisotopic (exact) mass is 281 g/mol. The third-order valence-corrected chi connectivity index (χ3v) is 4.06. The first-order chi connectivity index (χ1) is 8.63. The molecule has 0 atom stereocenters. The van der Waals surface area contributed by atoms with Crippen molar-refractivity contribution in [2.75, 3.05) is 0 Å². The zero-order valence-electron chi connectivity index (χ0n) is 9.62. The van der Waals surface area contributed by atoms with E-state index < -0.39 is 5.97 Å². The van der Waals surface area contributed by atoms with Crippen molar-refractivity contribution < 1.29 is 14.3 Å². The molecule has 0 spiro atoms. The highest BCUT2D eigenvalue weighted by molar-refractivity contribution is 7.98. The molecule has 0 saturated carbocycles. The van der Waals surface area contributed by atoms with Gasteiger partial charge in [-0.15, -0.1) is 11.3 Å². The molecule has 0 radical (unpaired) electrons. The second kappa shape index (κ2) is 5.88. The van der Waals surface area contributed by atoms with E-state index >= 15 is 0 Å². The second-order valence-corrected chi connectivity index (χ2v) is 5.48. The Morgan fingerprint density at radius 2 is 2.50 bits per heavy atom. The summed E-state index contributed by atoms with van der Waals surface area (Å²) in [7, 11) is 0. The maximum absolute atomic E-state index is 10.4. The third kappa shape index (κ3) is 3.75. The highest BCUT2D eigenvalue weighted by atomic mass is 32.2. The number of oxazole rings is 1. The molecule has 4 nitrogen and oxygen atoms in total. The van der Waals surface area contributed by atoms with Crippen LogP contribution in [0.1, 0.15) is 16.1 Å². The van der Waals surface area contributed by atoms with Crippen LogP contribution in [0.25, 0.3) is 6.08 Å². The smallest absolute Gasteiger partial charge is 0.328 e. The Morgan fingerprint density at radius 1 is 1.67 bits per heavy atom. The fourth-order valence-corrected chi connectivity index (χ4v) is 3.02. The molecule has 0 unspecified atom stereocenters. The Hall–Kier alpha value is -1.53. The number of carboxylic acids is 1. The number of carbonyl (C=O) groups is 1. The van der Waals surface area contributed by atoms with Crippen molar-refractivity contribution in [2.45, 2.75) is 17.9 Å². The van der Waals surface area contributed by atoms with Gasteiger partial charge in [0.25, 0.3) is 5.22 Å². The molecule has 0 fully saturated rings. The molecule has 2 heterocycles. The average molecular weight is 281 g/mol. The summed E-state index contributed by atoms with van der Waals surface area (Å²) in [5.41, 5.74) is 1.77. The van der Waals surface area contributed by atoms with Crippen LogP contribution in [-0.4, -0.2) is 16.1 Å². The number of thiophene rings is 1. The zero-order valence-corrected chi connectivity index (χ0v) is 11.3. The minimum Gasteiger partial charge on any atom is -0.478 e. The van der Waals surface area contributed by atoms with Crippen molar-refractivity contribution in [3.8, 4) is 0 Å². The van der Waals surface area contributed by atoms with Gasteiger partial charge < -0.3 is 9.52 Å². The van der Waals surface area contributed by atoms with Crippen molar-refractivity contribution in [3.05, 3.63) is 39.9 Å². The molecule has 0 aliphatic rings. The van der Waals surface area contributed by atoms with E-state index in [0.29, 0.717) is 5.22 Å². The maximum atomic E-state index is 10.4. The molecule has 2 aromatic heterocycles. The summed E-state index contributed by atoms with van der Waals surface area (Å²) < 4.78 is 5.24. The molecular weight excluding hydrogens is 270 g/mol. The van der Waals surface area contributed by atoms with E-state index in [9.17, 15) is 4.79 Å². The van der Waals surface area contributed by atoms with Crippen LogP contribution < -0.4 is 0 Å². The molecule has 0 aliphatic heterocycles. The Kier molecular flexibility index (Phi) is 4.22. The minimum absolute atomic E-state index is 0.656. The van der Waals surface area contributed by atoms with Gasteiger partial charge in [-0.05, 0) is 30.0 Å². The summed E-state index contributed by atoms with van der Waals surface area (Å²) in [5, 5.41) is 11.1. The number of nitrogens with zero attached hydrogens (tertiary/aromatic N) is 1. The minimum atomic E-state index is -0.938. The van der Waals surface area contributed by atoms with Crippen LogP contribution in [0.3, 0.4) is 0 Å². The zero-order chi connectivity index (χ0) is 13.0. The van der Waals surface area contributed by atoms with Crippen LogP contribution in [0.5, 0.6) is 0 Å². The molecule has 94 valence electrons. The average Bonchev–Trinajstić information content (AvgIpc) is 2.93. The molecule has 6 heteroatoms. The van der Waals surface area contributed by atoms with Crippen molar-refractivity contribution in [2.24, 2.45) is 0 Å². The molecular formula is C12H11NO3S2. The molecule has 2 rings (SSSR count). The SMILES string of the molecule is Cc1coc(SCc2cc(/C=C/C(=O)O)cs2)n1. The van der Waals surface area contributed by atoms with Crippen LogP contribution in [-0.2, 0) is 10.5 Å². The van der Waals surface area contributed by atoms with E-state index in [2.05, 4.69) is 4.98 Å². The molecule has 0 bridgehead atoms. The molecule has 18 heavy (non-hydrogen) atoms. The number of hydrogen-bond acceptors (Lipinski definition) is 5. The van der Waals surface area contributed by atoms with Crippen molar-refractivity contribution in [3.63, 3.8) is 0 Å². The quantitative estimate of drug-likeness (QED) is 0.672. The molecule has 0 amide bonds. The summed E-state index contributed by atoms with van der Waals surface area (Å²) in [6.45, 7) is 1.88. The van der Waals surface area contributed by atoms with E-state index in [-0.39, 0.29) is 0 Å². The number of aromatic nitrogens is 1. The lowest BCUT2D eigenvalue weighted by molar-refractivity contribution is -0.131. The van der Waals surface area contributed by atoms with Gasteiger partial charge >= 0.3 is 5.97 Å². The largest absolute Gasteiger partial charge is 0.478 e. The molecule has 0 aliphatic carbocycles. The van der Waals surface area contributed by atoms with Crippen LogP contribution in [0.2, 0.25) is 0 Å². The lowest BCUT2D eigenvalue weighted by atomic mass is 10.3. The normalized spacial score (nSPS) is 11.2. The summed E-state index contributed by atoms with van der Waals surface area (Å²) in [5.74, 6) is -0.168. The van der Waals surface area contributed by atoms with Gasteiger partial charge in [0.05, 0.1) is 5.69 Å². The molecule has 0 aromatic carbocycles. The topological polar surface area (TPSA) is 63.3 Å².